The van der Waals surface area contributed by atoms with Crippen LogP contribution in [0.3, 0.4) is 0 Å². The van der Waals surface area contributed by atoms with E-state index >= 15 is 0 Å². The fourth-order valence-corrected chi connectivity index (χ4v) is 5.28. The minimum absolute atomic E-state index is 0.0637. The van der Waals surface area contributed by atoms with Crippen molar-refractivity contribution in [1.29, 1.82) is 0 Å². The SMILES string of the molecule is CCOC(=O)c1noc(C(Cc2ccc3ccccc3c2)N(C)C(=O)C(Cc2ccc3ccccc3c2)NC(=O)OC(C)(C)C)n1. The molecule has 5 rings (SSSR count). The minimum Gasteiger partial charge on any atom is -0.460 e. The molecule has 0 aliphatic rings. The van der Waals surface area contributed by atoms with Gasteiger partial charge in [-0.1, -0.05) is 84.9 Å². The molecule has 0 saturated carbocycles. The summed E-state index contributed by atoms with van der Waals surface area (Å²) in [5, 5.41) is 10.8. The molecule has 4 aromatic carbocycles. The molecule has 2 amide bonds. The van der Waals surface area contributed by atoms with E-state index in [4.69, 9.17) is 14.0 Å². The summed E-state index contributed by atoms with van der Waals surface area (Å²) >= 11 is 0. The maximum Gasteiger partial charge on any atom is 0.408 e. The highest BCUT2D eigenvalue weighted by Gasteiger charge is 2.34. The number of aromatic nitrogens is 2. The van der Waals surface area contributed by atoms with Gasteiger partial charge in [-0.2, -0.15) is 4.98 Å². The average molecular weight is 623 g/mol. The lowest BCUT2D eigenvalue weighted by Crippen LogP contribution is -2.50. The molecule has 0 aliphatic heterocycles. The molecule has 2 unspecified atom stereocenters. The van der Waals surface area contributed by atoms with Gasteiger partial charge in [0.2, 0.25) is 11.8 Å². The number of likely N-dealkylation sites (N-methyl/N-ethyl adjacent to an activating group) is 1. The van der Waals surface area contributed by atoms with Crippen molar-refractivity contribution >= 4 is 39.5 Å². The fraction of sp³-hybridized carbons (Fsp3) is 0.306. The number of hydrogen-bond acceptors (Lipinski definition) is 8. The number of carbonyl (C=O) groups is 3. The second-order valence-corrected chi connectivity index (χ2v) is 12.1. The van der Waals surface area contributed by atoms with Crippen molar-refractivity contribution in [3.05, 3.63) is 108 Å². The van der Waals surface area contributed by atoms with Crippen LogP contribution in [0, 0.1) is 0 Å². The third kappa shape index (κ3) is 7.87. The monoisotopic (exact) mass is 622 g/mol. The maximum atomic E-state index is 14.3. The Labute approximate surface area is 267 Å². The highest BCUT2D eigenvalue weighted by Crippen LogP contribution is 2.27. The van der Waals surface area contributed by atoms with Gasteiger partial charge in [-0.05, 0) is 65.5 Å². The van der Waals surface area contributed by atoms with E-state index in [1.54, 1.807) is 34.7 Å². The highest BCUT2D eigenvalue weighted by molar-refractivity contribution is 5.88. The van der Waals surface area contributed by atoms with Gasteiger partial charge in [0.05, 0.1) is 6.61 Å². The Kier molecular flexibility index (Phi) is 9.65. The Balaban J connectivity index is 1.49. The van der Waals surface area contributed by atoms with Crippen LogP contribution in [-0.2, 0) is 27.1 Å². The summed E-state index contributed by atoms with van der Waals surface area (Å²) < 4.78 is 16.1. The number of benzene rings is 4. The number of nitrogens with one attached hydrogen (secondary N) is 1. The molecular formula is C36H38N4O6. The van der Waals surface area contributed by atoms with Crippen LogP contribution in [-0.4, -0.2) is 58.3 Å². The Morgan fingerprint density at radius 1 is 0.848 bits per heavy atom. The zero-order valence-electron chi connectivity index (χ0n) is 26.7. The van der Waals surface area contributed by atoms with E-state index in [1.165, 1.54) is 4.90 Å². The number of hydrogen-bond donors (Lipinski definition) is 1. The first-order valence-corrected chi connectivity index (χ1v) is 15.2. The van der Waals surface area contributed by atoms with E-state index in [0.29, 0.717) is 6.42 Å². The molecule has 238 valence electrons. The van der Waals surface area contributed by atoms with Crippen LogP contribution in [0.2, 0.25) is 0 Å². The van der Waals surface area contributed by atoms with Gasteiger partial charge in [0.1, 0.15) is 17.7 Å². The van der Waals surface area contributed by atoms with Crippen LogP contribution >= 0.6 is 0 Å². The molecule has 0 spiro atoms. The summed E-state index contributed by atoms with van der Waals surface area (Å²) in [5.74, 6) is -1.30. The van der Waals surface area contributed by atoms with Crippen LogP contribution in [0.15, 0.2) is 89.5 Å². The van der Waals surface area contributed by atoms with Crippen LogP contribution in [0.4, 0.5) is 4.79 Å². The summed E-state index contributed by atoms with van der Waals surface area (Å²) in [6.45, 7) is 7.11. The molecular weight excluding hydrogens is 584 g/mol. The third-order valence-corrected chi connectivity index (χ3v) is 7.49. The first-order valence-electron chi connectivity index (χ1n) is 15.2. The Morgan fingerprint density at radius 2 is 1.41 bits per heavy atom. The number of amides is 2. The number of fused-ring (bicyclic) bond motifs is 2. The number of alkyl carbamates (subject to hydrolysis) is 1. The molecule has 0 bridgehead atoms. The second-order valence-electron chi connectivity index (χ2n) is 12.1. The van der Waals surface area contributed by atoms with Crippen molar-refractivity contribution in [3.8, 4) is 0 Å². The zero-order chi connectivity index (χ0) is 32.8. The number of esters is 1. The summed E-state index contributed by atoms with van der Waals surface area (Å²) in [7, 11) is 1.62. The lowest BCUT2D eigenvalue weighted by Gasteiger charge is -2.30. The van der Waals surface area contributed by atoms with E-state index in [0.717, 1.165) is 32.7 Å². The molecule has 46 heavy (non-hydrogen) atoms. The van der Waals surface area contributed by atoms with E-state index in [-0.39, 0.29) is 24.7 Å². The van der Waals surface area contributed by atoms with E-state index in [9.17, 15) is 14.4 Å². The van der Waals surface area contributed by atoms with Crippen LogP contribution < -0.4 is 5.32 Å². The zero-order valence-corrected chi connectivity index (χ0v) is 26.7. The molecule has 2 atom stereocenters. The topological polar surface area (TPSA) is 124 Å². The van der Waals surface area contributed by atoms with E-state index in [1.807, 2.05) is 84.9 Å². The van der Waals surface area contributed by atoms with Crippen molar-refractivity contribution < 1.29 is 28.4 Å². The van der Waals surface area contributed by atoms with Gasteiger partial charge in [0.25, 0.3) is 5.82 Å². The van der Waals surface area contributed by atoms with Crippen molar-refractivity contribution in [3.63, 3.8) is 0 Å². The quantitative estimate of drug-likeness (QED) is 0.177. The summed E-state index contributed by atoms with van der Waals surface area (Å²) in [6.07, 6.45) is -0.214. The summed E-state index contributed by atoms with van der Waals surface area (Å²) in [6, 6.07) is 26.1. The predicted octanol–water partition coefficient (Wildman–Crippen LogP) is 6.43. The Bertz CT molecular complexity index is 1860. The smallest absolute Gasteiger partial charge is 0.408 e. The Morgan fingerprint density at radius 3 is 1.98 bits per heavy atom. The molecule has 5 aromatic rings. The first kappa shape index (κ1) is 32.2. The lowest BCUT2D eigenvalue weighted by atomic mass is 9.98. The molecule has 1 heterocycles. The molecule has 10 heteroatoms. The predicted molar refractivity (Wildman–Crippen MR) is 174 cm³/mol. The minimum atomic E-state index is -0.993. The standard InChI is InChI=1S/C36H38N4O6/c1-6-44-34(42)31-38-32(46-39-31)30(22-24-16-18-26-12-8-10-14-28(26)20-24)40(5)33(41)29(37-35(43)45-36(2,3)4)21-23-15-17-25-11-7-9-13-27(25)19-23/h7-20,29-30H,6,21-22H2,1-5H3,(H,37,43). The van der Waals surface area contributed by atoms with Crippen molar-refractivity contribution in [2.75, 3.05) is 13.7 Å². The van der Waals surface area contributed by atoms with Gasteiger partial charge in [-0.3, -0.25) is 4.79 Å². The number of nitrogens with zero attached hydrogens (tertiary/aromatic N) is 3. The van der Waals surface area contributed by atoms with Crippen molar-refractivity contribution in [1.82, 2.24) is 20.4 Å². The summed E-state index contributed by atoms with van der Waals surface area (Å²) in [4.78, 5) is 45.5. The van der Waals surface area contributed by atoms with Gasteiger partial charge in [-0.25, -0.2) is 9.59 Å². The van der Waals surface area contributed by atoms with Crippen LogP contribution in [0.5, 0.6) is 0 Å². The van der Waals surface area contributed by atoms with Crippen LogP contribution in [0.25, 0.3) is 21.5 Å². The molecule has 0 fully saturated rings. The first-order chi connectivity index (χ1) is 22.0. The largest absolute Gasteiger partial charge is 0.460 e. The molecule has 0 saturated heterocycles. The highest BCUT2D eigenvalue weighted by atomic mass is 16.6. The normalized spacial score (nSPS) is 12.8. The van der Waals surface area contributed by atoms with Gasteiger partial charge in [0, 0.05) is 19.9 Å². The maximum absolute atomic E-state index is 14.3. The van der Waals surface area contributed by atoms with Gasteiger partial charge >= 0.3 is 12.1 Å². The molecule has 1 aromatic heterocycles. The Hall–Kier alpha value is -5.25. The molecule has 1 N–H and O–H groups in total. The fourth-order valence-electron chi connectivity index (χ4n) is 5.28. The average Bonchev–Trinajstić information content (AvgIpc) is 3.52. The summed E-state index contributed by atoms with van der Waals surface area (Å²) in [5.41, 5.74) is 0.999. The van der Waals surface area contributed by atoms with Crippen molar-refractivity contribution in [2.24, 2.45) is 0 Å². The van der Waals surface area contributed by atoms with Crippen molar-refractivity contribution in [2.45, 2.75) is 58.2 Å². The van der Waals surface area contributed by atoms with Gasteiger partial charge in [-0.15, -0.1) is 0 Å². The van der Waals surface area contributed by atoms with Gasteiger partial charge < -0.3 is 24.2 Å². The third-order valence-electron chi connectivity index (χ3n) is 7.49. The van der Waals surface area contributed by atoms with E-state index < -0.39 is 35.7 Å². The molecule has 10 nitrogen and oxygen atoms in total. The number of ether oxygens (including phenoxy) is 2. The second kappa shape index (κ2) is 13.8. The number of rotatable bonds is 10. The van der Waals surface area contributed by atoms with E-state index in [2.05, 4.69) is 15.5 Å². The number of carbonyl (C=O) groups excluding carboxylic acids is 3. The van der Waals surface area contributed by atoms with Gasteiger partial charge in [0.15, 0.2) is 0 Å². The lowest BCUT2D eigenvalue weighted by molar-refractivity contribution is -0.135. The van der Waals surface area contributed by atoms with Crippen LogP contribution in [0.1, 0.15) is 61.4 Å². The molecule has 0 radical (unpaired) electrons. The molecule has 0 aliphatic carbocycles.